The van der Waals surface area contributed by atoms with Crippen LogP contribution in [0.1, 0.15) is 64.5 Å². The number of para-hydroxylation sites is 1. The highest BCUT2D eigenvalue weighted by Gasteiger charge is 2.33. The molecule has 2 amide bonds. The van der Waals surface area contributed by atoms with E-state index in [-0.39, 0.29) is 24.1 Å². The molecule has 0 bridgehead atoms. The van der Waals surface area contributed by atoms with Crippen molar-refractivity contribution in [2.45, 2.75) is 70.5 Å². The molecule has 1 unspecified atom stereocenters. The number of imidazole rings is 1. The van der Waals surface area contributed by atoms with Gasteiger partial charge in [0.2, 0.25) is 11.8 Å². The number of amides is 2. The summed E-state index contributed by atoms with van der Waals surface area (Å²) in [5.74, 6) is -0.0650. The maximum atomic E-state index is 13.4. The number of nitrogens with one attached hydrogen (secondary N) is 2. The summed E-state index contributed by atoms with van der Waals surface area (Å²) in [6, 6.07) is 8.03. The van der Waals surface area contributed by atoms with E-state index in [2.05, 4.69) is 72.6 Å². The number of rotatable bonds is 9. The number of pyridine rings is 1. The molecule has 0 radical (unpaired) electrons. The molecule has 16 heteroatoms. The number of carbonyl (C=O) groups is 2. The first-order valence-electron chi connectivity index (χ1n) is 19.2. The van der Waals surface area contributed by atoms with Gasteiger partial charge in [0, 0.05) is 80.5 Å². The van der Waals surface area contributed by atoms with Crippen molar-refractivity contribution in [1.82, 2.24) is 44.3 Å². The Hall–Kier alpha value is -4.93. The Labute approximate surface area is 326 Å². The minimum atomic E-state index is -0.690. The summed E-state index contributed by atoms with van der Waals surface area (Å²) in [6.07, 6.45) is 10.9. The SMILES string of the molecule is CC(C)Nc1c(-c2cn(C3CCC(CN4CCN(c5cccc6c5n(C)c(=O)n6C5CCC(=O)NC5=O)CC4)CC3)nn2)cnc2sc(-c3cncs3)cc12. The van der Waals surface area contributed by atoms with Gasteiger partial charge in [0.1, 0.15) is 16.6 Å². The van der Waals surface area contributed by atoms with Crippen molar-refractivity contribution in [3.05, 3.63) is 58.9 Å². The predicted molar refractivity (Wildman–Crippen MR) is 217 cm³/mol. The third-order valence-corrected chi connectivity index (χ3v) is 13.5. The zero-order chi connectivity index (χ0) is 37.8. The number of aryl methyl sites for hydroxylation is 1. The van der Waals surface area contributed by atoms with Gasteiger partial charge in [-0.2, -0.15) is 0 Å². The lowest BCUT2D eigenvalue weighted by Crippen LogP contribution is -2.48. The van der Waals surface area contributed by atoms with Crippen molar-refractivity contribution >= 4 is 67.1 Å². The molecule has 1 atom stereocenters. The van der Waals surface area contributed by atoms with Gasteiger partial charge in [0.05, 0.1) is 45.0 Å². The standard InChI is InChI=1S/C39H45N11O3S2/c1-23(2)42-35-26-17-32(33-19-40-22-54-33)55-38(26)41-18-27(35)28-21-49(45-44-28)25-9-7-24(8-10-25)20-47-13-15-48(16-14-47)29-5-4-6-30-36(29)46(3)39(53)50(30)31-11-12-34(51)43-37(31)52/h4-6,17-19,21-25,31H,7-16,20H2,1-3H3,(H,41,42)(H,43,51,52). The second kappa shape index (κ2) is 14.6. The lowest BCUT2D eigenvalue weighted by Gasteiger charge is -2.39. The van der Waals surface area contributed by atoms with Crippen molar-refractivity contribution in [2.24, 2.45) is 13.0 Å². The fraction of sp³-hybridized carbons (Fsp3) is 0.462. The van der Waals surface area contributed by atoms with Gasteiger partial charge in [0.25, 0.3) is 0 Å². The highest BCUT2D eigenvalue weighted by molar-refractivity contribution is 7.25. The maximum absolute atomic E-state index is 13.4. The number of imide groups is 1. The molecule has 9 rings (SSSR count). The third kappa shape index (κ3) is 6.73. The molecule has 2 saturated heterocycles. The van der Waals surface area contributed by atoms with Crippen molar-refractivity contribution < 1.29 is 9.59 Å². The van der Waals surface area contributed by atoms with E-state index in [4.69, 9.17) is 4.98 Å². The van der Waals surface area contributed by atoms with Crippen LogP contribution in [0.5, 0.6) is 0 Å². The number of piperidine rings is 1. The number of anilines is 2. The normalized spacial score (nSPS) is 21.2. The Morgan fingerprint density at radius 3 is 2.56 bits per heavy atom. The van der Waals surface area contributed by atoms with E-state index in [1.165, 1.54) is 4.88 Å². The van der Waals surface area contributed by atoms with Gasteiger partial charge >= 0.3 is 5.69 Å². The molecule has 2 N–H and O–H groups in total. The quantitative estimate of drug-likeness (QED) is 0.176. The number of hydrogen-bond donors (Lipinski definition) is 2. The molecule has 286 valence electrons. The van der Waals surface area contributed by atoms with Crippen molar-refractivity contribution in [1.29, 1.82) is 0 Å². The van der Waals surface area contributed by atoms with Crippen LogP contribution in [0.25, 0.3) is 42.3 Å². The van der Waals surface area contributed by atoms with E-state index in [9.17, 15) is 14.4 Å². The van der Waals surface area contributed by atoms with Crippen LogP contribution in [0.3, 0.4) is 0 Å². The van der Waals surface area contributed by atoms with Crippen molar-refractivity contribution in [3.8, 4) is 21.0 Å². The molecular weight excluding hydrogens is 735 g/mol. The Balaban J connectivity index is 0.831. The third-order valence-electron chi connectivity index (χ3n) is 11.5. The molecule has 1 aliphatic carbocycles. The predicted octanol–water partition coefficient (Wildman–Crippen LogP) is 5.68. The molecule has 6 aromatic rings. The van der Waals surface area contributed by atoms with Gasteiger partial charge in [-0.15, -0.1) is 27.8 Å². The Kier molecular flexibility index (Phi) is 9.50. The highest BCUT2D eigenvalue weighted by Crippen LogP contribution is 2.42. The van der Waals surface area contributed by atoms with E-state index in [1.54, 1.807) is 38.9 Å². The molecule has 2 aliphatic heterocycles. The molecule has 0 spiro atoms. The Morgan fingerprint density at radius 2 is 1.82 bits per heavy atom. The minimum absolute atomic E-state index is 0.225. The summed E-state index contributed by atoms with van der Waals surface area (Å²) in [5, 5.41) is 16.5. The number of hydrogen-bond acceptors (Lipinski definition) is 12. The van der Waals surface area contributed by atoms with Crippen LogP contribution in [-0.4, -0.2) is 89.6 Å². The number of fused-ring (bicyclic) bond motifs is 2. The minimum Gasteiger partial charge on any atom is -0.382 e. The average molecular weight is 780 g/mol. The van der Waals surface area contributed by atoms with Gasteiger partial charge in [-0.1, -0.05) is 11.3 Å². The van der Waals surface area contributed by atoms with E-state index in [1.807, 2.05) is 30.0 Å². The molecule has 14 nitrogen and oxygen atoms in total. The topological polar surface area (TPSA) is 148 Å². The van der Waals surface area contributed by atoms with Crippen LogP contribution in [0, 0.1) is 5.92 Å². The van der Waals surface area contributed by atoms with Gasteiger partial charge in [-0.3, -0.25) is 33.9 Å². The fourth-order valence-electron chi connectivity index (χ4n) is 8.70. The van der Waals surface area contributed by atoms with Crippen molar-refractivity contribution in [3.63, 3.8) is 0 Å². The summed E-state index contributed by atoms with van der Waals surface area (Å²) in [7, 11) is 1.77. The number of thiophene rings is 1. The summed E-state index contributed by atoms with van der Waals surface area (Å²) in [5.41, 5.74) is 7.06. The first kappa shape index (κ1) is 35.8. The lowest BCUT2D eigenvalue weighted by molar-refractivity contribution is -0.135. The second-order valence-electron chi connectivity index (χ2n) is 15.4. The lowest BCUT2D eigenvalue weighted by atomic mass is 9.85. The van der Waals surface area contributed by atoms with Crippen molar-refractivity contribution in [2.75, 3.05) is 42.9 Å². The first-order valence-corrected chi connectivity index (χ1v) is 20.9. The number of thiazole rings is 1. The number of piperazine rings is 1. The van der Waals surface area contributed by atoms with Gasteiger partial charge < -0.3 is 10.2 Å². The van der Waals surface area contributed by atoms with Crippen LogP contribution in [0.2, 0.25) is 0 Å². The Bertz CT molecular complexity index is 2430. The molecule has 3 aliphatic rings. The fourth-order valence-corrected chi connectivity index (χ4v) is 10.4. The maximum Gasteiger partial charge on any atom is 0.329 e. The number of carbonyl (C=O) groups excluding carboxylic acids is 2. The van der Waals surface area contributed by atoms with E-state index < -0.39 is 11.9 Å². The van der Waals surface area contributed by atoms with E-state index in [0.717, 1.165) is 107 Å². The zero-order valence-electron chi connectivity index (χ0n) is 31.3. The summed E-state index contributed by atoms with van der Waals surface area (Å²) >= 11 is 3.33. The molecule has 1 saturated carbocycles. The largest absolute Gasteiger partial charge is 0.382 e. The summed E-state index contributed by atoms with van der Waals surface area (Å²) in [6.45, 7) is 9.01. The molecular formula is C39H45N11O3S2. The zero-order valence-corrected chi connectivity index (χ0v) is 32.9. The molecule has 1 aromatic carbocycles. The smallest absolute Gasteiger partial charge is 0.329 e. The average Bonchev–Trinajstić information content (AvgIpc) is 4.00. The van der Waals surface area contributed by atoms with Crippen LogP contribution < -0.4 is 21.2 Å². The van der Waals surface area contributed by atoms with Crippen LogP contribution in [0.4, 0.5) is 11.4 Å². The first-order chi connectivity index (χ1) is 26.7. The molecule has 55 heavy (non-hydrogen) atoms. The molecule has 5 aromatic heterocycles. The van der Waals surface area contributed by atoms with Gasteiger partial charge in [-0.25, -0.2) is 14.5 Å². The Morgan fingerprint density at radius 1 is 1.00 bits per heavy atom. The van der Waals surface area contributed by atoms with Gasteiger partial charge in [0.15, 0.2) is 0 Å². The van der Waals surface area contributed by atoms with E-state index in [0.29, 0.717) is 18.4 Å². The summed E-state index contributed by atoms with van der Waals surface area (Å²) < 4.78 is 5.29. The number of aromatic nitrogens is 7. The molecule has 3 fully saturated rings. The number of nitrogens with zero attached hydrogens (tertiary/aromatic N) is 9. The van der Waals surface area contributed by atoms with Crippen LogP contribution >= 0.6 is 22.7 Å². The van der Waals surface area contributed by atoms with Gasteiger partial charge in [-0.05, 0) is 70.1 Å². The number of benzene rings is 1. The van der Waals surface area contributed by atoms with Crippen LogP contribution in [-0.2, 0) is 16.6 Å². The summed E-state index contributed by atoms with van der Waals surface area (Å²) in [4.78, 5) is 55.3. The highest BCUT2D eigenvalue weighted by atomic mass is 32.1. The van der Waals surface area contributed by atoms with E-state index >= 15 is 0 Å². The monoisotopic (exact) mass is 779 g/mol. The van der Waals surface area contributed by atoms with Crippen LogP contribution in [0.15, 0.2) is 53.2 Å². The second-order valence-corrected chi connectivity index (χ2v) is 17.3. The molecule has 7 heterocycles.